The first kappa shape index (κ1) is 15.6. The lowest BCUT2D eigenvalue weighted by Gasteiger charge is -2.41. The van der Waals surface area contributed by atoms with Gasteiger partial charge in [-0.3, -0.25) is 0 Å². The van der Waals surface area contributed by atoms with Gasteiger partial charge in [-0.1, -0.05) is 27.7 Å². The Morgan fingerprint density at radius 2 is 2.00 bits per heavy atom. The zero-order chi connectivity index (χ0) is 14.8. The zero-order valence-corrected chi connectivity index (χ0v) is 13.5. The summed E-state index contributed by atoms with van der Waals surface area (Å²) in [6.45, 7) is 10.1. The highest BCUT2D eigenvalue weighted by Gasteiger charge is 2.38. The van der Waals surface area contributed by atoms with E-state index < -0.39 is 5.60 Å². The summed E-state index contributed by atoms with van der Waals surface area (Å²) in [6.07, 6.45) is 9.79. The quantitative estimate of drug-likeness (QED) is 0.909. The molecule has 3 heteroatoms. The van der Waals surface area contributed by atoms with Gasteiger partial charge >= 0.3 is 0 Å². The lowest BCUT2D eigenvalue weighted by atomic mass is 9.67. The van der Waals surface area contributed by atoms with Crippen molar-refractivity contribution < 1.29 is 5.11 Å². The fraction of sp³-hybridized carbons (Fsp3) is 0.824. The van der Waals surface area contributed by atoms with Gasteiger partial charge in [-0.05, 0) is 43.4 Å². The monoisotopic (exact) mass is 278 g/mol. The van der Waals surface area contributed by atoms with E-state index in [9.17, 15) is 5.11 Å². The summed E-state index contributed by atoms with van der Waals surface area (Å²) in [7, 11) is 0. The van der Waals surface area contributed by atoms with E-state index in [2.05, 4.69) is 37.2 Å². The van der Waals surface area contributed by atoms with Gasteiger partial charge in [0.25, 0.3) is 0 Å². The summed E-state index contributed by atoms with van der Waals surface area (Å²) >= 11 is 0. The zero-order valence-electron chi connectivity index (χ0n) is 13.5. The van der Waals surface area contributed by atoms with Crippen LogP contribution in [-0.4, -0.2) is 20.3 Å². The molecule has 0 unspecified atom stereocenters. The van der Waals surface area contributed by atoms with Crippen LogP contribution in [0.1, 0.15) is 65.6 Å². The third-order valence-corrected chi connectivity index (χ3v) is 4.89. The molecule has 1 saturated carbocycles. The summed E-state index contributed by atoms with van der Waals surface area (Å²) < 4.78 is 2.19. The second kappa shape index (κ2) is 5.88. The molecule has 0 radical (unpaired) electrons. The van der Waals surface area contributed by atoms with Gasteiger partial charge in [-0.15, -0.1) is 0 Å². The molecule has 1 aromatic heterocycles. The van der Waals surface area contributed by atoms with Gasteiger partial charge in [0, 0.05) is 25.4 Å². The second-order valence-corrected chi connectivity index (χ2v) is 7.58. The van der Waals surface area contributed by atoms with Crippen LogP contribution in [0.25, 0.3) is 0 Å². The molecule has 0 amide bonds. The van der Waals surface area contributed by atoms with Crippen LogP contribution in [0, 0.1) is 11.3 Å². The Bertz CT molecular complexity index is 422. The number of aromatic nitrogens is 2. The molecule has 0 saturated heterocycles. The van der Waals surface area contributed by atoms with Crippen molar-refractivity contribution in [1.82, 2.24) is 9.55 Å². The summed E-state index contributed by atoms with van der Waals surface area (Å²) in [5, 5.41) is 10.9. The Morgan fingerprint density at radius 1 is 1.35 bits per heavy atom. The van der Waals surface area contributed by atoms with Crippen molar-refractivity contribution in [3.8, 4) is 0 Å². The fourth-order valence-corrected chi connectivity index (χ4v) is 3.44. The molecule has 114 valence electrons. The number of nitrogens with zero attached hydrogens (tertiary/aromatic N) is 2. The highest BCUT2D eigenvalue weighted by molar-refractivity contribution is 5.01. The molecule has 0 bridgehead atoms. The third-order valence-electron chi connectivity index (χ3n) is 4.89. The lowest BCUT2D eigenvalue weighted by Crippen LogP contribution is -2.39. The van der Waals surface area contributed by atoms with Crippen LogP contribution in [0.2, 0.25) is 0 Å². The van der Waals surface area contributed by atoms with Gasteiger partial charge in [0.1, 0.15) is 5.82 Å². The van der Waals surface area contributed by atoms with E-state index in [0.29, 0.717) is 11.8 Å². The standard InChI is InChI=1S/C17H30N2O/c1-5-11-19-12-10-18-15(19)13-17(20)8-6-14(7-9-17)16(2,3)4/h10,12,14,20H,5-9,11,13H2,1-4H3. The number of aliphatic hydroxyl groups is 1. The topological polar surface area (TPSA) is 38.0 Å². The van der Waals surface area contributed by atoms with Crippen molar-refractivity contribution in [2.75, 3.05) is 0 Å². The number of rotatable bonds is 4. The molecule has 0 aromatic carbocycles. The summed E-state index contributed by atoms with van der Waals surface area (Å²) in [5.41, 5.74) is -0.180. The molecule has 1 aliphatic carbocycles. The number of aryl methyl sites for hydroxylation is 1. The van der Waals surface area contributed by atoms with E-state index in [1.807, 2.05) is 12.4 Å². The Labute approximate surface area is 123 Å². The van der Waals surface area contributed by atoms with E-state index in [1.165, 1.54) is 0 Å². The van der Waals surface area contributed by atoms with Crippen molar-refractivity contribution in [1.29, 1.82) is 0 Å². The Kier molecular flexibility index (Phi) is 4.58. The molecular weight excluding hydrogens is 248 g/mol. The Morgan fingerprint density at radius 3 is 2.55 bits per heavy atom. The SMILES string of the molecule is CCCn1ccnc1CC1(O)CCC(C(C)(C)C)CC1. The first-order valence-corrected chi connectivity index (χ1v) is 8.06. The molecule has 1 aromatic rings. The van der Waals surface area contributed by atoms with Crippen LogP contribution in [-0.2, 0) is 13.0 Å². The molecule has 1 heterocycles. The first-order chi connectivity index (χ1) is 9.34. The van der Waals surface area contributed by atoms with Crippen LogP contribution in [0.3, 0.4) is 0 Å². The molecule has 0 spiro atoms. The van der Waals surface area contributed by atoms with Gasteiger partial charge in [-0.25, -0.2) is 4.98 Å². The molecule has 2 rings (SSSR count). The van der Waals surface area contributed by atoms with Gasteiger partial charge in [-0.2, -0.15) is 0 Å². The van der Waals surface area contributed by atoms with E-state index in [0.717, 1.165) is 50.4 Å². The largest absolute Gasteiger partial charge is 0.389 e. The third kappa shape index (κ3) is 3.63. The normalized spacial score (nSPS) is 27.8. The van der Waals surface area contributed by atoms with E-state index in [-0.39, 0.29) is 0 Å². The number of hydrogen-bond acceptors (Lipinski definition) is 2. The molecule has 1 aliphatic rings. The van der Waals surface area contributed by atoms with E-state index in [1.54, 1.807) is 0 Å². The maximum atomic E-state index is 10.9. The van der Waals surface area contributed by atoms with Crippen molar-refractivity contribution in [2.45, 2.75) is 78.4 Å². The molecule has 1 N–H and O–H groups in total. The van der Waals surface area contributed by atoms with Crippen LogP contribution in [0.4, 0.5) is 0 Å². The van der Waals surface area contributed by atoms with Gasteiger partial charge in [0.15, 0.2) is 0 Å². The van der Waals surface area contributed by atoms with Crippen molar-refractivity contribution in [3.05, 3.63) is 18.2 Å². The highest BCUT2D eigenvalue weighted by atomic mass is 16.3. The van der Waals surface area contributed by atoms with Crippen LogP contribution >= 0.6 is 0 Å². The lowest BCUT2D eigenvalue weighted by molar-refractivity contribution is -0.0264. The van der Waals surface area contributed by atoms with E-state index >= 15 is 0 Å². The van der Waals surface area contributed by atoms with Crippen molar-refractivity contribution >= 4 is 0 Å². The average Bonchev–Trinajstić information content (AvgIpc) is 2.76. The number of imidazole rings is 1. The maximum absolute atomic E-state index is 10.9. The molecule has 3 nitrogen and oxygen atoms in total. The molecule has 0 aliphatic heterocycles. The van der Waals surface area contributed by atoms with E-state index in [4.69, 9.17) is 0 Å². The van der Waals surface area contributed by atoms with Gasteiger partial charge in [0.2, 0.25) is 0 Å². The predicted octanol–water partition coefficient (Wildman–Crippen LogP) is 3.80. The number of hydrogen-bond donors (Lipinski definition) is 1. The summed E-state index contributed by atoms with van der Waals surface area (Å²) in [5.74, 6) is 1.78. The maximum Gasteiger partial charge on any atom is 0.111 e. The second-order valence-electron chi connectivity index (χ2n) is 7.58. The minimum Gasteiger partial charge on any atom is -0.389 e. The van der Waals surface area contributed by atoms with Gasteiger partial charge in [0.05, 0.1) is 5.60 Å². The summed E-state index contributed by atoms with van der Waals surface area (Å²) in [6, 6.07) is 0. The van der Waals surface area contributed by atoms with Crippen LogP contribution in [0.5, 0.6) is 0 Å². The minimum absolute atomic E-state index is 0.363. The van der Waals surface area contributed by atoms with Crippen molar-refractivity contribution in [3.63, 3.8) is 0 Å². The van der Waals surface area contributed by atoms with Gasteiger partial charge < -0.3 is 9.67 Å². The fourth-order valence-electron chi connectivity index (χ4n) is 3.44. The average molecular weight is 278 g/mol. The molecular formula is C17H30N2O. The van der Waals surface area contributed by atoms with Crippen LogP contribution in [0.15, 0.2) is 12.4 Å². The van der Waals surface area contributed by atoms with Crippen LogP contribution < -0.4 is 0 Å². The first-order valence-electron chi connectivity index (χ1n) is 8.06. The molecule has 1 fully saturated rings. The predicted molar refractivity (Wildman–Crippen MR) is 82.6 cm³/mol. The highest BCUT2D eigenvalue weighted by Crippen LogP contribution is 2.42. The Balaban J connectivity index is 1.98. The Hall–Kier alpha value is -0.830. The molecule has 0 atom stereocenters. The minimum atomic E-state index is -0.543. The van der Waals surface area contributed by atoms with Crippen molar-refractivity contribution in [2.24, 2.45) is 11.3 Å². The summed E-state index contributed by atoms with van der Waals surface area (Å²) in [4.78, 5) is 4.44. The smallest absolute Gasteiger partial charge is 0.111 e. The molecule has 20 heavy (non-hydrogen) atoms.